The Labute approximate surface area is 120 Å². The van der Waals surface area contributed by atoms with Gasteiger partial charge in [-0.2, -0.15) is 0 Å². The Morgan fingerprint density at radius 3 is 2.72 bits per heavy atom. The van der Waals surface area contributed by atoms with E-state index >= 15 is 0 Å². The summed E-state index contributed by atoms with van der Waals surface area (Å²) in [7, 11) is 0. The van der Waals surface area contributed by atoms with Gasteiger partial charge in [-0.15, -0.1) is 0 Å². The summed E-state index contributed by atoms with van der Waals surface area (Å²) in [6, 6.07) is 7.58. The molecule has 5 heteroatoms. The van der Waals surface area contributed by atoms with E-state index in [-0.39, 0.29) is 0 Å². The van der Waals surface area contributed by atoms with Gasteiger partial charge in [0.2, 0.25) is 5.88 Å². The zero-order valence-corrected chi connectivity index (χ0v) is 12.1. The average Bonchev–Trinajstić information content (AvgIpc) is 2.40. The summed E-state index contributed by atoms with van der Waals surface area (Å²) in [5.41, 5.74) is 0. The number of hydrogen-bond donors (Lipinski definition) is 0. The fourth-order valence-corrected chi connectivity index (χ4v) is 1.76. The van der Waals surface area contributed by atoms with Crippen LogP contribution in [-0.4, -0.2) is 16.6 Å². The molecule has 0 spiro atoms. The molecule has 1 heterocycles. The normalized spacial score (nSPS) is 10.1. The van der Waals surface area contributed by atoms with Crippen molar-refractivity contribution >= 4 is 22.6 Å². The number of benzene rings is 1. The molecule has 0 aliphatic heterocycles. The summed E-state index contributed by atoms with van der Waals surface area (Å²) < 4.78 is 12.2. The van der Waals surface area contributed by atoms with Crippen LogP contribution in [0.25, 0.3) is 0 Å². The standard InChI is InChI=1S/C13H13IN2O2/c1-2-7-17-11-5-3-4-6-12(11)18-13-10(14)8-15-9-16-13/h3-6,8-9H,2,7H2,1H3. The highest BCUT2D eigenvalue weighted by Gasteiger charge is 2.08. The highest BCUT2D eigenvalue weighted by atomic mass is 127. The molecule has 18 heavy (non-hydrogen) atoms. The Morgan fingerprint density at radius 2 is 2.00 bits per heavy atom. The van der Waals surface area contributed by atoms with Gasteiger partial charge in [0.05, 0.1) is 10.2 Å². The molecule has 0 N–H and O–H groups in total. The lowest BCUT2D eigenvalue weighted by molar-refractivity contribution is 0.300. The van der Waals surface area contributed by atoms with Gasteiger partial charge in [-0.1, -0.05) is 19.1 Å². The zero-order valence-electron chi connectivity index (χ0n) is 9.97. The van der Waals surface area contributed by atoms with Crippen LogP contribution in [0.3, 0.4) is 0 Å². The number of ether oxygens (including phenoxy) is 2. The highest BCUT2D eigenvalue weighted by Crippen LogP contribution is 2.31. The van der Waals surface area contributed by atoms with Gasteiger partial charge < -0.3 is 9.47 Å². The molecule has 0 aliphatic carbocycles. The smallest absolute Gasteiger partial charge is 0.235 e. The summed E-state index contributed by atoms with van der Waals surface area (Å²) >= 11 is 2.14. The minimum Gasteiger partial charge on any atom is -0.490 e. The third-order valence-corrected chi connectivity index (χ3v) is 2.89. The largest absolute Gasteiger partial charge is 0.490 e. The molecular formula is C13H13IN2O2. The summed E-state index contributed by atoms with van der Waals surface area (Å²) in [4.78, 5) is 8.03. The Balaban J connectivity index is 2.21. The first kappa shape index (κ1) is 13.1. The van der Waals surface area contributed by atoms with Crippen molar-refractivity contribution in [2.24, 2.45) is 0 Å². The molecule has 1 aromatic carbocycles. The first-order valence-electron chi connectivity index (χ1n) is 5.66. The average molecular weight is 356 g/mol. The van der Waals surface area contributed by atoms with Crippen LogP contribution in [0.2, 0.25) is 0 Å². The second kappa shape index (κ2) is 6.53. The van der Waals surface area contributed by atoms with Crippen LogP contribution in [0, 0.1) is 3.57 Å². The van der Waals surface area contributed by atoms with Crippen molar-refractivity contribution in [2.45, 2.75) is 13.3 Å². The van der Waals surface area contributed by atoms with Crippen LogP contribution < -0.4 is 9.47 Å². The molecule has 0 bridgehead atoms. The maximum atomic E-state index is 5.75. The fraction of sp³-hybridized carbons (Fsp3) is 0.231. The van der Waals surface area contributed by atoms with Crippen LogP contribution in [0.1, 0.15) is 13.3 Å². The highest BCUT2D eigenvalue weighted by molar-refractivity contribution is 14.1. The van der Waals surface area contributed by atoms with Crippen molar-refractivity contribution in [3.63, 3.8) is 0 Å². The molecule has 0 saturated heterocycles. The Morgan fingerprint density at radius 1 is 1.22 bits per heavy atom. The van der Waals surface area contributed by atoms with E-state index in [9.17, 15) is 0 Å². The maximum Gasteiger partial charge on any atom is 0.235 e. The third kappa shape index (κ3) is 3.32. The number of rotatable bonds is 5. The molecule has 2 aromatic rings. The predicted molar refractivity (Wildman–Crippen MR) is 77.1 cm³/mol. The van der Waals surface area contributed by atoms with Crippen LogP contribution in [0.5, 0.6) is 17.4 Å². The summed E-state index contributed by atoms with van der Waals surface area (Å²) in [5.74, 6) is 1.94. The second-order valence-corrected chi connectivity index (χ2v) is 4.74. The van der Waals surface area contributed by atoms with Gasteiger partial charge in [0.25, 0.3) is 0 Å². The van der Waals surface area contributed by atoms with Gasteiger partial charge in [-0.05, 0) is 41.1 Å². The SMILES string of the molecule is CCCOc1ccccc1Oc1ncncc1I. The molecule has 0 aliphatic rings. The van der Waals surface area contributed by atoms with E-state index in [0.29, 0.717) is 18.2 Å². The van der Waals surface area contributed by atoms with E-state index in [1.807, 2.05) is 24.3 Å². The first-order chi connectivity index (χ1) is 8.81. The molecule has 1 aromatic heterocycles. The summed E-state index contributed by atoms with van der Waals surface area (Å²) in [5, 5.41) is 0. The minimum absolute atomic E-state index is 0.540. The van der Waals surface area contributed by atoms with E-state index in [0.717, 1.165) is 15.7 Å². The molecular weight excluding hydrogens is 343 g/mol. The van der Waals surface area contributed by atoms with E-state index < -0.39 is 0 Å². The van der Waals surface area contributed by atoms with E-state index in [4.69, 9.17) is 9.47 Å². The summed E-state index contributed by atoms with van der Waals surface area (Å²) in [6.45, 7) is 2.73. The van der Waals surface area contributed by atoms with Gasteiger partial charge >= 0.3 is 0 Å². The van der Waals surface area contributed by atoms with Crippen molar-refractivity contribution in [3.05, 3.63) is 40.4 Å². The van der Waals surface area contributed by atoms with Gasteiger partial charge in [0.1, 0.15) is 6.33 Å². The lowest BCUT2D eigenvalue weighted by Crippen LogP contribution is -1.98. The number of hydrogen-bond acceptors (Lipinski definition) is 4. The Kier molecular flexibility index (Phi) is 4.74. The van der Waals surface area contributed by atoms with Crippen molar-refractivity contribution < 1.29 is 9.47 Å². The van der Waals surface area contributed by atoms with E-state index in [2.05, 4.69) is 39.5 Å². The van der Waals surface area contributed by atoms with Crippen LogP contribution in [-0.2, 0) is 0 Å². The van der Waals surface area contributed by atoms with Gasteiger partial charge in [0.15, 0.2) is 11.5 Å². The van der Waals surface area contributed by atoms with Crippen LogP contribution in [0.15, 0.2) is 36.8 Å². The first-order valence-corrected chi connectivity index (χ1v) is 6.74. The van der Waals surface area contributed by atoms with Gasteiger partial charge in [-0.25, -0.2) is 9.97 Å². The van der Waals surface area contributed by atoms with Crippen LogP contribution in [0.4, 0.5) is 0 Å². The summed E-state index contributed by atoms with van der Waals surface area (Å²) in [6.07, 6.45) is 4.13. The van der Waals surface area contributed by atoms with E-state index in [1.165, 1.54) is 6.33 Å². The van der Waals surface area contributed by atoms with Crippen LogP contribution >= 0.6 is 22.6 Å². The van der Waals surface area contributed by atoms with Crippen molar-refractivity contribution in [3.8, 4) is 17.4 Å². The molecule has 0 unspecified atom stereocenters. The van der Waals surface area contributed by atoms with Gasteiger partial charge in [-0.3, -0.25) is 0 Å². The molecule has 0 radical (unpaired) electrons. The Bertz CT molecular complexity index is 520. The topological polar surface area (TPSA) is 44.2 Å². The quantitative estimate of drug-likeness (QED) is 0.767. The lowest BCUT2D eigenvalue weighted by atomic mass is 10.3. The molecule has 2 rings (SSSR count). The molecule has 0 amide bonds. The Hall–Kier alpha value is -1.37. The number of aromatic nitrogens is 2. The monoisotopic (exact) mass is 356 g/mol. The zero-order chi connectivity index (χ0) is 12.8. The lowest BCUT2D eigenvalue weighted by Gasteiger charge is -2.11. The number of nitrogens with zero attached hydrogens (tertiary/aromatic N) is 2. The van der Waals surface area contributed by atoms with Gasteiger partial charge in [0, 0.05) is 6.20 Å². The van der Waals surface area contributed by atoms with E-state index in [1.54, 1.807) is 6.20 Å². The maximum absolute atomic E-state index is 5.75. The minimum atomic E-state index is 0.540. The molecule has 0 saturated carbocycles. The molecule has 94 valence electrons. The molecule has 0 atom stereocenters. The molecule has 0 fully saturated rings. The molecule has 4 nitrogen and oxygen atoms in total. The van der Waals surface area contributed by atoms with Crippen molar-refractivity contribution in [1.82, 2.24) is 9.97 Å². The van der Waals surface area contributed by atoms with Crippen molar-refractivity contribution in [2.75, 3.05) is 6.61 Å². The second-order valence-electron chi connectivity index (χ2n) is 3.57. The fourth-order valence-electron chi connectivity index (χ4n) is 1.35. The number of para-hydroxylation sites is 2. The number of halogens is 1. The third-order valence-electron chi connectivity index (χ3n) is 2.15. The predicted octanol–water partition coefficient (Wildman–Crippen LogP) is 3.66. The van der Waals surface area contributed by atoms with Crippen molar-refractivity contribution in [1.29, 1.82) is 0 Å².